The second-order valence-electron chi connectivity index (χ2n) is 8.08. The highest BCUT2D eigenvalue weighted by molar-refractivity contribution is 6.15. The summed E-state index contributed by atoms with van der Waals surface area (Å²) in [6.07, 6.45) is 1.69. The number of ether oxygens (including phenoxy) is 5. The van der Waals surface area contributed by atoms with Gasteiger partial charge in [0.2, 0.25) is 5.78 Å². The van der Waals surface area contributed by atoms with Gasteiger partial charge in [-0.25, -0.2) is 0 Å². The lowest BCUT2D eigenvalue weighted by molar-refractivity contribution is 0.0872. The average molecular weight is 459 g/mol. The predicted octanol–water partition coefficient (Wildman–Crippen LogP) is 4.68. The first-order valence-corrected chi connectivity index (χ1v) is 10.9. The Hall–Kier alpha value is -3.97. The van der Waals surface area contributed by atoms with Gasteiger partial charge in [-0.1, -0.05) is 12.1 Å². The van der Waals surface area contributed by atoms with Gasteiger partial charge in [0.15, 0.2) is 5.76 Å². The molecule has 0 bridgehead atoms. The molecule has 174 valence electrons. The third-order valence-electron chi connectivity index (χ3n) is 5.97. The number of methoxy groups -OCH3 is 3. The minimum atomic E-state index is -0.171. The highest BCUT2D eigenvalue weighted by atomic mass is 16.5. The molecule has 2 heterocycles. The maximum absolute atomic E-state index is 13.1. The maximum Gasteiger partial charge on any atom is 0.231 e. The van der Waals surface area contributed by atoms with Gasteiger partial charge in [-0.3, -0.25) is 9.69 Å². The van der Waals surface area contributed by atoms with E-state index >= 15 is 0 Å². The van der Waals surface area contributed by atoms with Crippen LogP contribution < -0.4 is 23.7 Å². The Balaban J connectivity index is 1.41. The molecule has 0 amide bonds. The second-order valence-corrected chi connectivity index (χ2v) is 8.08. The van der Waals surface area contributed by atoms with Crippen LogP contribution in [-0.2, 0) is 13.1 Å². The number of carbonyl (C=O) groups is 1. The molecule has 7 heteroatoms. The third kappa shape index (κ3) is 4.06. The second kappa shape index (κ2) is 9.11. The predicted molar refractivity (Wildman–Crippen MR) is 127 cm³/mol. The summed E-state index contributed by atoms with van der Waals surface area (Å²) < 4.78 is 28.1. The van der Waals surface area contributed by atoms with Gasteiger partial charge in [0, 0.05) is 18.7 Å². The topological polar surface area (TPSA) is 66.5 Å². The Morgan fingerprint density at radius 3 is 2.44 bits per heavy atom. The molecule has 0 atom stereocenters. The van der Waals surface area contributed by atoms with E-state index in [1.165, 1.54) is 0 Å². The highest BCUT2D eigenvalue weighted by Crippen LogP contribution is 2.42. The van der Waals surface area contributed by atoms with Gasteiger partial charge in [0.05, 0.1) is 32.5 Å². The molecule has 0 radical (unpaired) electrons. The summed E-state index contributed by atoms with van der Waals surface area (Å²) in [4.78, 5) is 15.3. The van der Waals surface area contributed by atoms with Crippen LogP contribution in [0.4, 0.5) is 0 Å². The summed E-state index contributed by atoms with van der Waals surface area (Å²) in [5, 5.41) is 0. The first-order chi connectivity index (χ1) is 16.6. The van der Waals surface area contributed by atoms with Crippen LogP contribution in [0.5, 0.6) is 28.7 Å². The number of allylic oxidation sites excluding steroid dienone is 1. The van der Waals surface area contributed by atoms with Crippen LogP contribution in [0, 0.1) is 0 Å². The van der Waals surface area contributed by atoms with Crippen LogP contribution in [0.1, 0.15) is 27.0 Å². The zero-order valence-electron chi connectivity index (χ0n) is 19.3. The number of hydrogen-bond donors (Lipinski definition) is 0. The summed E-state index contributed by atoms with van der Waals surface area (Å²) in [6.45, 7) is 1.76. The molecule has 5 rings (SSSR count). The van der Waals surface area contributed by atoms with E-state index in [9.17, 15) is 4.79 Å². The number of carbonyl (C=O) groups excluding carboxylic acids is 1. The van der Waals surface area contributed by atoms with Crippen LogP contribution in [-0.4, -0.2) is 38.7 Å². The Bertz CT molecular complexity index is 1260. The van der Waals surface area contributed by atoms with Crippen molar-refractivity contribution in [2.24, 2.45) is 0 Å². The molecule has 3 aromatic carbocycles. The van der Waals surface area contributed by atoms with Crippen LogP contribution in [0.3, 0.4) is 0 Å². The van der Waals surface area contributed by atoms with E-state index < -0.39 is 0 Å². The number of ketones is 1. The molecule has 0 saturated heterocycles. The normalized spacial score (nSPS) is 15.9. The van der Waals surface area contributed by atoms with Gasteiger partial charge in [0.1, 0.15) is 35.5 Å². The fourth-order valence-corrected chi connectivity index (χ4v) is 4.19. The van der Waals surface area contributed by atoms with Crippen molar-refractivity contribution in [1.82, 2.24) is 4.90 Å². The lowest BCUT2D eigenvalue weighted by Gasteiger charge is -2.29. The molecule has 34 heavy (non-hydrogen) atoms. The lowest BCUT2D eigenvalue weighted by atomic mass is 10.0. The van der Waals surface area contributed by atoms with Crippen molar-refractivity contribution in [2.75, 3.05) is 28.1 Å². The van der Waals surface area contributed by atoms with Gasteiger partial charge in [-0.2, -0.15) is 0 Å². The highest BCUT2D eigenvalue weighted by Gasteiger charge is 2.33. The largest absolute Gasteiger partial charge is 0.497 e. The Kier molecular flexibility index (Phi) is 5.86. The van der Waals surface area contributed by atoms with E-state index in [4.69, 9.17) is 23.7 Å². The summed E-state index contributed by atoms with van der Waals surface area (Å²) in [7, 11) is 4.83. The molecule has 0 spiro atoms. The first-order valence-electron chi connectivity index (χ1n) is 10.9. The van der Waals surface area contributed by atoms with Crippen molar-refractivity contribution in [1.29, 1.82) is 0 Å². The standard InChI is InChI=1S/C27H25NO6/c1-30-19-6-4-17(5-7-19)14-28-15-22-24(33-16-28)11-9-21-26(29)25(34-27(21)22)13-18-12-20(31-2)8-10-23(18)32-3/h4-13H,14-16H2,1-3H3/b25-13-. The number of Topliss-reactive ketones (excluding diaryl/α,β-unsaturated/α-hetero) is 1. The zero-order valence-corrected chi connectivity index (χ0v) is 19.3. The number of fused-ring (bicyclic) bond motifs is 3. The Morgan fingerprint density at radius 1 is 0.941 bits per heavy atom. The van der Waals surface area contributed by atoms with Gasteiger partial charge in [0.25, 0.3) is 0 Å². The smallest absolute Gasteiger partial charge is 0.231 e. The molecule has 0 fully saturated rings. The minimum Gasteiger partial charge on any atom is -0.497 e. The summed E-state index contributed by atoms with van der Waals surface area (Å²) in [5.41, 5.74) is 3.24. The van der Waals surface area contributed by atoms with Crippen molar-refractivity contribution >= 4 is 11.9 Å². The molecular weight excluding hydrogens is 434 g/mol. The Morgan fingerprint density at radius 2 is 1.71 bits per heavy atom. The molecule has 0 saturated carbocycles. The maximum atomic E-state index is 13.1. The van der Waals surface area contributed by atoms with E-state index in [1.54, 1.807) is 51.7 Å². The molecule has 0 aromatic heterocycles. The molecule has 2 aliphatic heterocycles. The minimum absolute atomic E-state index is 0.171. The monoisotopic (exact) mass is 459 g/mol. The SMILES string of the molecule is COc1ccc(CN2COc3ccc4c(c3C2)O/C(=C\c2cc(OC)ccc2OC)C4=O)cc1. The zero-order chi connectivity index (χ0) is 23.7. The molecule has 3 aromatic rings. The summed E-state index contributed by atoms with van der Waals surface area (Å²) in [6, 6.07) is 17.0. The van der Waals surface area contributed by atoms with E-state index in [0.717, 1.165) is 22.6 Å². The average Bonchev–Trinajstić information content (AvgIpc) is 3.20. The number of hydrogen-bond acceptors (Lipinski definition) is 7. The molecular formula is C27H25NO6. The van der Waals surface area contributed by atoms with Gasteiger partial charge in [-0.05, 0) is 54.1 Å². The first kappa shape index (κ1) is 21.9. The number of nitrogens with zero attached hydrogens (tertiary/aromatic N) is 1. The van der Waals surface area contributed by atoms with Crippen LogP contribution in [0.25, 0.3) is 6.08 Å². The van der Waals surface area contributed by atoms with Crippen molar-refractivity contribution < 1.29 is 28.5 Å². The Labute approximate surface area is 198 Å². The quantitative estimate of drug-likeness (QED) is 0.496. The van der Waals surface area contributed by atoms with Crippen LogP contribution >= 0.6 is 0 Å². The van der Waals surface area contributed by atoms with E-state index in [1.807, 2.05) is 30.3 Å². The van der Waals surface area contributed by atoms with Crippen molar-refractivity contribution in [3.63, 3.8) is 0 Å². The van der Waals surface area contributed by atoms with Crippen molar-refractivity contribution in [3.8, 4) is 28.7 Å². The third-order valence-corrected chi connectivity index (χ3v) is 5.97. The van der Waals surface area contributed by atoms with Crippen molar-refractivity contribution in [2.45, 2.75) is 13.1 Å². The molecule has 0 unspecified atom stereocenters. The lowest BCUT2D eigenvalue weighted by Crippen LogP contribution is -2.31. The molecule has 0 N–H and O–H groups in total. The summed E-state index contributed by atoms with van der Waals surface area (Å²) in [5.74, 6) is 3.46. The van der Waals surface area contributed by atoms with Crippen LogP contribution in [0.15, 0.2) is 60.4 Å². The fourth-order valence-electron chi connectivity index (χ4n) is 4.19. The van der Waals surface area contributed by atoms with Gasteiger partial charge < -0.3 is 23.7 Å². The van der Waals surface area contributed by atoms with Gasteiger partial charge in [-0.15, -0.1) is 0 Å². The molecule has 0 aliphatic carbocycles. The molecule has 7 nitrogen and oxygen atoms in total. The molecule has 2 aliphatic rings. The van der Waals surface area contributed by atoms with Crippen molar-refractivity contribution in [3.05, 3.63) is 82.6 Å². The van der Waals surface area contributed by atoms with E-state index in [0.29, 0.717) is 48.2 Å². The fraction of sp³-hybridized carbons (Fsp3) is 0.222. The van der Waals surface area contributed by atoms with Gasteiger partial charge >= 0.3 is 0 Å². The van der Waals surface area contributed by atoms with Crippen LogP contribution in [0.2, 0.25) is 0 Å². The van der Waals surface area contributed by atoms with E-state index in [2.05, 4.69) is 4.90 Å². The summed E-state index contributed by atoms with van der Waals surface area (Å²) >= 11 is 0. The number of benzene rings is 3. The number of rotatable bonds is 6. The van der Waals surface area contributed by atoms with E-state index in [-0.39, 0.29) is 11.5 Å².